The maximum atomic E-state index is 5.30. The minimum absolute atomic E-state index is 0.556. The monoisotopic (exact) mass is 265 g/mol. The topological polar surface area (TPSA) is 62.9 Å². The van der Waals surface area contributed by atoms with Crippen LogP contribution >= 0.6 is 0 Å². The Balaban J connectivity index is 0. The highest BCUT2D eigenvalue weighted by molar-refractivity contribution is 4.35. The molecule has 0 aliphatic heterocycles. The first-order chi connectivity index (χ1) is 8.91. The Morgan fingerprint density at radius 2 is 0.944 bits per heavy atom. The van der Waals surface area contributed by atoms with Crippen molar-refractivity contribution in [3.63, 3.8) is 0 Å². The highest BCUT2D eigenvalue weighted by Gasteiger charge is 1.91. The van der Waals surface area contributed by atoms with Crippen molar-refractivity contribution >= 4 is 0 Å². The summed E-state index contributed by atoms with van der Waals surface area (Å²) in [6.07, 6.45) is 1.05. The van der Waals surface area contributed by atoms with Crippen LogP contribution in [-0.2, 0) is 18.9 Å². The molecule has 0 aliphatic rings. The lowest BCUT2D eigenvalue weighted by molar-refractivity contribution is -0.000903. The van der Waals surface area contributed by atoms with Gasteiger partial charge in [0.25, 0.3) is 0 Å². The van der Waals surface area contributed by atoms with E-state index in [1.165, 1.54) is 0 Å². The van der Waals surface area contributed by atoms with Crippen LogP contribution in [0.4, 0.5) is 0 Å². The van der Waals surface area contributed by atoms with Gasteiger partial charge in [-0.25, -0.2) is 0 Å². The van der Waals surface area contributed by atoms with Crippen LogP contribution in [0.15, 0.2) is 0 Å². The maximum absolute atomic E-state index is 5.30. The minimum Gasteiger partial charge on any atom is -0.379 e. The summed E-state index contributed by atoms with van der Waals surface area (Å²) in [5.41, 5.74) is 5.26. The van der Waals surface area contributed by atoms with Crippen LogP contribution in [0.1, 0.15) is 27.2 Å². The third kappa shape index (κ3) is 21.1. The lowest BCUT2D eigenvalue weighted by atomic mass is 10.5. The fraction of sp³-hybridized carbons (Fsp3) is 1.00. The molecule has 18 heavy (non-hydrogen) atoms. The summed E-state index contributed by atoms with van der Waals surface area (Å²) in [6, 6.07) is 0. The number of nitrogens with two attached hydrogens (primary N) is 1. The van der Waals surface area contributed by atoms with Crippen LogP contribution in [-0.4, -0.2) is 59.4 Å². The van der Waals surface area contributed by atoms with E-state index in [2.05, 4.69) is 6.92 Å². The summed E-state index contributed by atoms with van der Waals surface area (Å²) in [4.78, 5) is 0. The fourth-order valence-electron chi connectivity index (χ4n) is 0.989. The van der Waals surface area contributed by atoms with Gasteiger partial charge >= 0.3 is 0 Å². The van der Waals surface area contributed by atoms with Crippen molar-refractivity contribution in [1.82, 2.24) is 0 Å². The normalized spacial score (nSPS) is 10.0. The molecule has 0 atom stereocenters. The molecule has 2 N–H and O–H groups in total. The van der Waals surface area contributed by atoms with Crippen molar-refractivity contribution in [2.45, 2.75) is 27.2 Å². The quantitative estimate of drug-likeness (QED) is 0.511. The Labute approximate surface area is 112 Å². The Hall–Kier alpha value is -0.200. The number of hydrogen-bond donors (Lipinski definition) is 1. The van der Waals surface area contributed by atoms with Crippen molar-refractivity contribution < 1.29 is 18.9 Å². The fourth-order valence-corrected chi connectivity index (χ4v) is 0.989. The van der Waals surface area contributed by atoms with E-state index >= 15 is 0 Å². The first-order valence-electron chi connectivity index (χ1n) is 6.92. The first-order valence-corrected chi connectivity index (χ1v) is 6.92. The van der Waals surface area contributed by atoms with Gasteiger partial charge in [0.2, 0.25) is 0 Å². The van der Waals surface area contributed by atoms with E-state index in [9.17, 15) is 0 Å². The second-order valence-corrected chi connectivity index (χ2v) is 3.24. The van der Waals surface area contributed by atoms with Crippen LogP contribution in [0.5, 0.6) is 0 Å². The highest BCUT2D eigenvalue weighted by atomic mass is 16.6. The van der Waals surface area contributed by atoms with Crippen molar-refractivity contribution in [2.24, 2.45) is 5.73 Å². The number of ether oxygens (including phenoxy) is 4. The SMILES string of the molecule is CC.CCCOCCOCCOCCOCCN. The molecule has 0 fully saturated rings. The van der Waals surface area contributed by atoms with Crippen molar-refractivity contribution in [1.29, 1.82) is 0 Å². The molecule has 0 aromatic heterocycles. The third-order valence-corrected chi connectivity index (χ3v) is 1.73. The standard InChI is InChI=1S/C11H25NO4.C2H6/c1-2-4-13-6-8-15-10-11-16-9-7-14-5-3-12;1-2/h2-12H2,1H3;1-2H3. The predicted octanol–water partition coefficient (Wildman–Crippen LogP) is 1.45. The molecule has 0 unspecified atom stereocenters. The lowest BCUT2D eigenvalue weighted by Gasteiger charge is -2.06. The highest BCUT2D eigenvalue weighted by Crippen LogP contribution is 1.83. The average molecular weight is 265 g/mol. The Morgan fingerprint density at radius 1 is 0.611 bits per heavy atom. The lowest BCUT2D eigenvalue weighted by Crippen LogP contribution is -2.14. The summed E-state index contributed by atoms with van der Waals surface area (Å²) in [5.74, 6) is 0. The molecule has 0 amide bonds. The largest absolute Gasteiger partial charge is 0.379 e. The molecule has 112 valence electrons. The smallest absolute Gasteiger partial charge is 0.0701 e. The second kappa shape index (κ2) is 22.0. The summed E-state index contributed by atoms with van der Waals surface area (Å²) in [6.45, 7) is 11.7. The van der Waals surface area contributed by atoms with Crippen LogP contribution in [0.25, 0.3) is 0 Å². The first kappa shape index (κ1) is 20.1. The molecule has 0 aliphatic carbocycles. The zero-order valence-corrected chi connectivity index (χ0v) is 12.3. The number of hydrogen-bond acceptors (Lipinski definition) is 5. The predicted molar refractivity (Wildman–Crippen MR) is 74.0 cm³/mol. The summed E-state index contributed by atoms with van der Waals surface area (Å²) < 4.78 is 21.0. The van der Waals surface area contributed by atoms with E-state index in [4.69, 9.17) is 24.7 Å². The molecular weight excluding hydrogens is 234 g/mol. The van der Waals surface area contributed by atoms with Crippen molar-refractivity contribution in [2.75, 3.05) is 59.4 Å². The van der Waals surface area contributed by atoms with E-state index in [0.717, 1.165) is 13.0 Å². The minimum atomic E-state index is 0.556. The van der Waals surface area contributed by atoms with Gasteiger partial charge in [-0.05, 0) is 6.42 Å². The van der Waals surface area contributed by atoms with E-state index < -0.39 is 0 Å². The van der Waals surface area contributed by atoms with Crippen molar-refractivity contribution in [3.8, 4) is 0 Å². The van der Waals surface area contributed by atoms with Gasteiger partial charge in [0.1, 0.15) is 0 Å². The van der Waals surface area contributed by atoms with Gasteiger partial charge in [0.05, 0.1) is 46.2 Å². The molecule has 0 aromatic carbocycles. The summed E-state index contributed by atoms with van der Waals surface area (Å²) in [5, 5.41) is 0. The Bertz CT molecular complexity index is 112. The van der Waals surface area contributed by atoms with E-state index in [0.29, 0.717) is 52.8 Å². The van der Waals surface area contributed by atoms with E-state index in [1.807, 2.05) is 13.8 Å². The van der Waals surface area contributed by atoms with Gasteiger partial charge in [0.15, 0.2) is 0 Å². The molecule has 0 rings (SSSR count). The van der Waals surface area contributed by atoms with Gasteiger partial charge in [-0.3, -0.25) is 0 Å². The Kier molecular flexibility index (Phi) is 24.6. The number of rotatable bonds is 13. The molecule has 0 aromatic rings. The molecule has 0 heterocycles. The van der Waals surface area contributed by atoms with Gasteiger partial charge in [-0.1, -0.05) is 20.8 Å². The van der Waals surface area contributed by atoms with E-state index in [-0.39, 0.29) is 0 Å². The molecule has 0 saturated heterocycles. The summed E-state index contributed by atoms with van der Waals surface area (Å²) >= 11 is 0. The van der Waals surface area contributed by atoms with Crippen LogP contribution in [0.3, 0.4) is 0 Å². The third-order valence-electron chi connectivity index (χ3n) is 1.73. The maximum Gasteiger partial charge on any atom is 0.0701 e. The van der Waals surface area contributed by atoms with Crippen LogP contribution < -0.4 is 5.73 Å². The molecule has 5 nitrogen and oxygen atoms in total. The van der Waals surface area contributed by atoms with Crippen molar-refractivity contribution in [3.05, 3.63) is 0 Å². The average Bonchev–Trinajstić information content (AvgIpc) is 2.42. The van der Waals surface area contributed by atoms with Gasteiger partial charge in [-0.15, -0.1) is 0 Å². The van der Waals surface area contributed by atoms with Gasteiger partial charge in [-0.2, -0.15) is 0 Å². The van der Waals surface area contributed by atoms with Crippen LogP contribution in [0, 0.1) is 0 Å². The molecule has 0 saturated carbocycles. The zero-order valence-electron chi connectivity index (χ0n) is 12.3. The Morgan fingerprint density at radius 3 is 1.28 bits per heavy atom. The van der Waals surface area contributed by atoms with Gasteiger partial charge in [0, 0.05) is 13.2 Å². The summed E-state index contributed by atoms with van der Waals surface area (Å²) in [7, 11) is 0. The molecular formula is C13H31NO4. The molecule has 5 heteroatoms. The van der Waals surface area contributed by atoms with E-state index in [1.54, 1.807) is 0 Å². The molecule has 0 spiro atoms. The van der Waals surface area contributed by atoms with Crippen LogP contribution in [0.2, 0.25) is 0 Å². The molecule has 0 bridgehead atoms. The zero-order chi connectivity index (χ0) is 13.9. The second-order valence-electron chi connectivity index (χ2n) is 3.24. The van der Waals surface area contributed by atoms with Gasteiger partial charge < -0.3 is 24.7 Å². The molecule has 0 radical (unpaired) electrons.